The van der Waals surface area contributed by atoms with Gasteiger partial charge < -0.3 is 5.32 Å². The number of thiazole rings is 1. The predicted octanol–water partition coefficient (Wildman–Crippen LogP) is 0.742. The number of carbonyl (C=O) groups excluding carboxylic acids is 1. The normalized spacial score (nSPS) is 11.8. The fourth-order valence-electron chi connectivity index (χ4n) is 1.11. The monoisotopic (exact) mass is 238 g/mol. The standard InChI is InChI=1S/C10H14N4OS/c1-7-5-14-10(16-7)8(2)13-6-9(15)12-4-3-11/h5,8,13H,4,6H2,1-2H3,(H,12,15). The first-order chi connectivity index (χ1) is 7.63. The minimum atomic E-state index is -0.179. The van der Waals surface area contributed by atoms with Gasteiger partial charge >= 0.3 is 0 Å². The first-order valence-corrected chi connectivity index (χ1v) is 5.74. The molecule has 2 N–H and O–H groups in total. The van der Waals surface area contributed by atoms with Gasteiger partial charge in [0, 0.05) is 11.1 Å². The Morgan fingerprint density at radius 2 is 2.50 bits per heavy atom. The smallest absolute Gasteiger partial charge is 0.234 e. The van der Waals surface area contributed by atoms with Gasteiger partial charge in [0.25, 0.3) is 0 Å². The second kappa shape index (κ2) is 6.20. The van der Waals surface area contributed by atoms with Crippen LogP contribution in [0.1, 0.15) is 22.9 Å². The Balaban J connectivity index is 2.33. The number of nitriles is 1. The van der Waals surface area contributed by atoms with Gasteiger partial charge in [-0.3, -0.25) is 10.1 Å². The van der Waals surface area contributed by atoms with Crippen LogP contribution in [0.3, 0.4) is 0 Å². The molecule has 0 spiro atoms. The van der Waals surface area contributed by atoms with Gasteiger partial charge in [-0.15, -0.1) is 11.3 Å². The van der Waals surface area contributed by atoms with E-state index in [-0.39, 0.29) is 25.0 Å². The number of rotatable bonds is 5. The molecule has 0 fully saturated rings. The quantitative estimate of drug-likeness (QED) is 0.742. The number of carbonyl (C=O) groups is 1. The summed E-state index contributed by atoms with van der Waals surface area (Å²) in [4.78, 5) is 16.6. The zero-order valence-electron chi connectivity index (χ0n) is 9.28. The van der Waals surface area contributed by atoms with Crippen LogP contribution in [0.15, 0.2) is 6.20 Å². The molecule has 1 unspecified atom stereocenters. The third kappa shape index (κ3) is 3.96. The molecule has 1 atom stereocenters. The molecule has 0 aliphatic heterocycles. The molecular formula is C10H14N4OS. The molecule has 0 aliphatic carbocycles. The van der Waals surface area contributed by atoms with Crippen molar-refractivity contribution in [2.75, 3.05) is 13.1 Å². The van der Waals surface area contributed by atoms with Crippen LogP contribution in [-0.2, 0) is 4.79 Å². The number of amides is 1. The van der Waals surface area contributed by atoms with Crippen LogP contribution < -0.4 is 10.6 Å². The van der Waals surface area contributed by atoms with E-state index in [9.17, 15) is 4.79 Å². The van der Waals surface area contributed by atoms with Crippen molar-refractivity contribution >= 4 is 17.2 Å². The van der Waals surface area contributed by atoms with E-state index >= 15 is 0 Å². The Morgan fingerprint density at radius 1 is 1.75 bits per heavy atom. The molecule has 0 aromatic carbocycles. The Morgan fingerprint density at radius 3 is 3.06 bits per heavy atom. The third-order valence-electron chi connectivity index (χ3n) is 1.94. The zero-order chi connectivity index (χ0) is 12.0. The number of nitrogens with zero attached hydrogens (tertiary/aromatic N) is 2. The number of aromatic nitrogens is 1. The van der Waals surface area contributed by atoms with Gasteiger partial charge in [0.2, 0.25) is 5.91 Å². The van der Waals surface area contributed by atoms with Gasteiger partial charge in [-0.05, 0) is 13.8 Å². The van der Waals surface area contributed by atoms with Gasteiger partial charge in [-0.1, -0.05) is 0 Å². The highest BCUT2D eigenvalue weighted by atomic mass is 32.1. The second-order valence-corrected chi connectivity index (χ2v) is 4.61. The largest absolute Gasteiger partial charge is 0.342 e. The van der Waals surface area contributed by atoms with E-state index in [0.717, 1.165) is 9.88 Å². The van der Waals surface area contributed by atoms with Crippen LogP contribution in [0, 0.1) is 18.3 Å². The Bertz CT molecular complexity index is 396. The number of hydrogen-bond donors (Lipinski definition) is 2. The van der Waals surface area contributed by atoms with Gasteiger partial charge in [0.05, 0.1) is 18.7 Å². The lowest BCUT2D eigenvalue weighted by Gasteiger charge is -2.10. The highest BCUT2D eigenvalue weighted by Crippen LogP contribution is 2.18. The van der Waals surface area contributed by atoms with Crippen molar-refractivity contribution < 1.29 is 4.79 Å². The molecular weight excluding hydrogens is 224 g/mol. The lowest BCUT2D eigenvalue weighted by atomic mass is 10.3. The maximum Gasteiger partial charge on any atom is 0.234 e. The van der Waals surface area contributed by atoms with E-state index < -0.39 is 0 Å². The summed E-state index contributed by atoms with van der Waals surface area (Å²) in [5.41, 5.74) is 0. The van der Waals surface area contributed by atoms with E-state index in [2.05, 4.69) is 15.6 Å². The molecule has 86 valence electrons. The minimum absolute atomic E-state index is 0.0469. The highest BCUT2D eigenvalue weighted by Gasteiger charge is 2.10. The van der Waals surface area contributed by atoms with Crippen LogP contribution in [0.25, 0.3) is 0 Å². The average molecular weight is 238 g/mol. The number of nitrogens with one attached hydrogen (secondary N) is 2. The summed E-state index contributed by atoms with van der Waals surface area (Å²) in [6, 6.07) is 1.90. The van der Waals surface area contributed by atoms with Crippen LogP contribution in [0.4, 0.5) is 0 Å². The number of hydrogen-bond acceptors (Lipinski definition) is 5. The Hall–Kier alpha value is -1.45. The SMILES string of the molecule is Cc1cnc(C(C)NCC(=O)NCC#N)s1. The highest BCUT2D eigenvalue weighted by molar-refractivity contribution is 7.11. The molecule has 1 aromatic rings. The van der Waals surface area contributed by atoms with E-state index in [0.29, 0.717) is 0 Å². The Kier molecular flexibility index (Phi) is 4.89. The van der Waals surface area contributed by atoms with Gasteiger partial charge in [-0.25, -0.2) is 4.98 Å². The average Bonchev–Trinajstić information content (AvgIpc) is 2.69. The molecule has 1 rings (SSSR count). The van der Waals surface area contributed by atoms with Crippen LogP contribution in [0.5, 0.6) is 0 Å². The van der Waals surface area contributed by atoms with Gasteiger partial charge in [-0.2, -0.15) is 5.26 Å². The van der Waals surface area contributed by atoms with Crippen molar-refractivity contribution in [1.29, 1.82) is 5.26 Å². The lowest BCUT2D eigenvalue weighted by molar-refractivity contribution is -0.120. The topological polar surface area (TPSA) is 77.8 Å². The summed E-state index contributed by atoms with van der Waals surface area (Å²) in [6.07, 6.45) is 1.81. The van der Waals surface area contributed by atoms with Crippen molar-refractivity contribution in [3.8, 4) is 6.07 Å². The lowest BCUT2D eigenvalue weighted by Crippen LogP contribution is -2.35. The number of aryl methyl sites for hydroxylation is 1. The maximum absolute atomic E-state index is 11.2. The first kappa shape index (κ1) is 12.6. The molecule has 5 nitrogen and oxygen atoms in total. The summed E-state index contributed by atoms with van der Waals surface area (Å²) in [6.45, 7) is 4.19. The van der Waals surface area contributed by atoms with E-state index in [1.165, 1.54) is 0 Å². The zero-order valence-corrected chi connectivity index (χ0v) is 10.1. The van der Waals surface area contributed by atoms with Crippen molar-refractivity contribution in [2.24, 2.45) is 0 Å². The molecule has 1 amide bonds. The van der Waals surface area contributed by atoms with Crippen molar-refractivity contribution in [3.05, 3.63) is 16.1 Å². The summed E-state index contributed by atoms with van der Waals surface area (Å²) >= 11 is 1.61. The van der Waals surface area contributed by atoms with E-state index in [1.807, 2.05) is 26.1 Å². The third-order valence-corrected chi connectivity index (χ3v) is 3.04. The summed E-state index contributed by atoms with van der Waals surface area (Å²) < 4.78 is 0. The van der Waals surface area contributed by atoms with E-state index in [1.54, 1.807) is 11.3 Å². The Labute approximate surface area is 98.5 Å². The van der Waals surface area contributed by atoms with Crippen LogP contribution >= 0.6 is 11.3 Å². The van der Waals surface area contributed by atoms with E-state index in [4.69, 9.17) is 5.26 Å². The van der Waals surface area contributed by atoms with Gasteiger partial charge in [0.1, 0.15) is 11.6 Å². The predicted molar refractivity (Wildman–Crippen MR) is 61.9 cm³/mol. The fourth-order valence-corrected chi connectivity index (χ4v) is 1.91. The fraction of sp³-hybridized carbons (Fsp3) is 0.500. The minimum Gasteiger partial charge on any atom is -0.342 e. The van der Waals surface area contributed by atoms with Gasteiger partial charge in [0.15, 0.2) is 0 Å². The summed E-state index contributed by atoms with van der Waals surface area (Å²) in [5, 5.41) is 14.8. The van der Waals surface area contributed by atoms with Crippen molar-refractivity contribution in [1.82, 2.24) is 15.6 Å². The molecule has 1 heterocycles. The van der Waals surface area contributed by atoms with Crippen LogP contribution in [-0.4, -0.2) is 24.0 Å². The first-order valence-electron chi connectivity index (χ1n) is 4.93. The van der Waals surface area contributed by atoms with Crippen LogP contribution in [0.2, 0.25) is 0 Å². The molecule has 1 aromatic heterocycles. The maximum atomic E-state index is 11.2. The molecule has 0 saturated carbocycles. The summed E-state index contributed by atoms with van der Waals surface area (Å²) in [5.74, 6) is -0.179. The van der Waals surface area contributed by atoms with Crippen molar-refractivity contribution in [3.63, 3.8) is 0 Å². The molecule has 0 radical (unpaired) electrons. The van der Waals surface area contributed by atoms with Crippen molar-refractivity contribution in [2.45, 2.75) is 19.9 Å². The summed E-state index contributed by atoms with van der Waals surface area (Å²) in [7, 11) is 0. The molecule has 0 saturated heterocycles. The molecule has 6 heteroatoms. The molecule has 16 heavy (non-hydrogen) atoms. The second-order valence-electron chi connectivity index (χ2n) is 3.35. The molecule has 0 bridgehead atoms. The molecule has 0 aliphatic rings.